The zero-order valence-electron chi connectivity index (χ0n) is 15.4. The molecule has 146 valence electrons. The van der Waals surface area contributed by atoms with Gasteiger partial charge < -0.3 is 20.1 Å². The Hall–Kier alpha value is -0.510. The highest BCUT2D eigenvalue weighted by Gasteiger charge is 2.43. The van der Waals surface area contributed by atoms with E-state index < -0.39 is 0 Å². The van der Waals surface area contributed by atoms with E-state index in [2.05, 4.69) is 46.0 Å². The highest BCUT2D eigenvalue weighted by Crippen LogP contribution is 2.51. The molecule has 1 aromatic carbocycles. The van der Waals surface area contributed by atoms with E-state index >= 15 is 0 Å². The molecule has 0 radical (unpaired) electrons. The summed E-state index contributed by atoms with van der Waals surface area (Å²) in [5.74, 6) is 0.879. The van der Waals surface area contributed by atoms with Crippen molar-refractivity contribution < 1.29 is 9.47 Å². The molecular formula is C19H30IN3O2S. The molecule has 0 spiro atoms. The van der Waals surface area contributed by atoms with E-state index in [-0.39, 0.29) is 24.0 Å². The zero-order chi connectivity index (χ0) is 17.4. The maximum atomic E-state index is 5.78. The third-order valence-electron chi connectivity index (χ3n) is 4.54. The van der Waals surface area contributed by atoms with Gasteiger partial charge in [-0.3, -0.25) is 4.99 Å². The molecule has 1 aromatic rings. The summed E-state index contributed by atoms with van der Waals surface area (Å²) in [5, 5.41) is 6.86. The molecule has 2 N–H and O–H groups in total. The van der Waals surface area contributed by atoms with Gasteiger partial charge in [0.05, 0.1) is 12.7 Å². The van der Waals surface area contributed by atoms with Crippen LogP contribution in [0, 0.1) is 0 Å². The molecule has 5 nitrogen and oxygen atoms in total. The normalized spacial score (nSPS) is 21.1. The topological polar surface area (TPSA) is 54.9 Å². The predicted octanol–water partition coefficient (Wildman–Crippen LogP) is 3.29. The number of benzene rings is 1. The van der Waals surface area contributed by atoms with Gasteiger partial charge in [-0.25, -0.2) is 0 Å². The Bertz CT molecular complexity index is 549. The lowest BCUT2D eigenvalue weighted by molar-refractivity contribution is 0.0420. The predicted molar refractivity (Wildman–Crippen MR) is 119 cm³/mol. The van der Waals surface area contributed by atoms with Gasteiger partial charge >= 0.3 is 0 Å². The largest absolute Gasteiger partial charge is 0.379 e. The van der Waals surface area contributed by atoms with E-state index in [0.29, 0.717) is 10.9 Å². The van der Waals surface area contributed by atoms with Crippen LogP contribution in [-0.4, -0.2) is 56.8 Å². The minimum absolute atomic E-state index is 0. The van der Waals surface area contributed by atoms with Gasteiger partial charge in [-0.05, 0) is 37.8 Å². The molecule has 1 unspecified atom stereocenters. The first-order chi connectivity index (χ1) is 12.3. The van der Waals surface area contributed by atoms with Gasteiger partial charge in [0, 0.05) is 43.0 Å². The van der Waals surface area contributed by atoms with Crippen molar-refractivity contribution in [2.75, 3.05) is 40.0 Å². The van der Waals surface area contributed by atoms with Crippen molar-refractivity contribution in [3.05, 3.63) is 30.3 Å². The van der Waals surface area contributed by atoms with E-state index in [4.69, 9.17) is 9.47 Å². The number of guanidine groups is 1. The van der Waals surface area contributed by atoms with Crippen LogP contribution in [0.1, 0.15) is 25.7 Å². The Morgan fingerprint density at radius 2 is 2.12 bits per heavy atom. The summed E-state index contributed by atoms with van der Waals surface area (Å²) in [5.41, 5.74) is 0. The Balaban J connectivity index is 0.00000243. The van der Waals surface area contributed by atoms with Crippen LogP contribution < -0.4 is 10.6 Å². The molecule has 2 aliphatic rings. The van der Waals surface area contributed by atoms with Crippen molar-refractivity contribution >= 4 is 41.7 Å². The molecule has 1 aliphatic carbocycles. The molecule has 1 heterocycles. The fourth-order valence-corrected chi connectivity index (χ4v) is 4.08. The van der Waals surface area contributed by atoms with Crippen LogP contribution >= 0.6 is 35.7 Å². The third-order valence-corrected chi connectivity index (χ3v) is 6.04. The molecular weight excluding hydrogens is 461 g/mol. The van der Waals surface area contributed by atoms with E-state index in [9.17, 15) is 0 Å². The van der Waals surface area contributed by atoms with Gasteiger partial charge in [0.2, 0.25) is 0 Å². The average Bonchev–Trinajstić information content (AvgIpc) is 3.19. The lowest BCUT2D eigenvalue weighted by atomic mass is 10.3. The van der Waals surface area contributed by atoms with Crippen molar-refractivity contribution in [1.82, 2.24) is 10.6 Å². The second-order valence-corrected chi connectivity index (χ2v) is 8.20. The van der Waals surface area contributed by atoms with Crippen molar-refractivity contribution in [2.45, 2.75) is 41.4 Å². The SMILES string of the molecule is CN=C(NCCCOC1CCOC1)NCC1(Sc2ccccc2)CC1.I. The number of halogens is 1. The lowest BCUT2D eigenvalue weighted by Crippen LogP contribution is -2.41. The second-order valence-electron chi connectivity index (χ2n) is 6.66. The van der Waals surface area contributed by atoms with E-state index in [0.717, 1.165) is 51.7 Å². The Labute approximate surface area is 178 Å². The van der Waals surface area contributed by atoms with Crippen molar-refractivity contribution in [2.24, 2.45) is 4.99 Å². The maximum Gasteiger partial charge on any atom is 0.191 e. The Morgan fingerprint density at radius 3 is 2.77 bits per heavy atom. The summed E-state index contributed by atoms with van der Waals surface area (Å²) in [6.07, 6.45) is 4.81. The fraction of sp³-hybridized carbons (Fsp3) is 0.632. The molecule has 1 saturated carbocycles. The average molecular weight is 491 g/mol. The molecule has 0 aromatic heterocycles. The van der Waals surface area contributed by atoms with E-state index in [1.165, 1.54) is 17.7 Å². The first kappa shape index (κ1) is 21.8. The summed E-state index contributed by atoms with van der Waals surface area (Å²) in [6.45, 7) is 4.17. The van der Waals surface area contributed by atoms with Crippen LogP contribution in [0.4, 0.5) is 0 Å². The van der Waals surface area contributed by atoms with Gasteiger partial charge in [-0.15, -0.1) is 35.7 Å². The van der Waals surface area contributed by atoms with Gasteiger partial charge in [0.1, 0.15) is 0 Å². The highest BCUT2D eigenvalue weighted by atomic mass is 127. The van der Waals surface area contributed by atoms with Crippen LogP contribution in [0.2, 0.25) is 0 Å². The van der Waals surface area contributed by atoms with E-state index in [1.807, 2.05) is 18.8 Å². The van der Waals surface area contributed by atoms with Gasteiger partial charge in [-0.1, -0.05) is 18.2 Å². The molecule has 1 saturated heterocycles. The number of thioether (sulfide) groups is 1. The first-order valence-corrected chi connectivity index (χ1v) is 9.99. The zero-order valence-corrected chi connectivity index (χ0v) is 18.6. The minimum atomic E-state index is 0. The van der Waals surface area contributed by atoms with Crippen molar-refractivity contribution in [3.8, 4) is 0 Å². The van der Waals surface area contributed by atoms with Crippen LogP contribution in [0.3, 0.4) is 0 Å². The smallest absolute Gasteiger partial charge is 0.191 e. The monoisotopic (exact) mass is 491 g/mol. The summed E-state index contributed by atoms with van der Waals surface area (Å²) < 4.78 is 11.4. The Morgan fingerprint density at radius 1 is 1.31 bits per heavy atom. The summed E-state index contributed by atoms with van der Waals surface area (Å²) in [6, 6.07) is 10.6. The summed E-state index contributed by atoms with van der Waals surface area (Å²) in [7, 11) is 1.83. The molecule has 7 heteroatoms. The second kappa shape index (κ2) is 11.4. The number of rotatable bonds is 9. The Kier molecular flexibility index (Phi) is 9.52. The molecule has 0 bridgehead atoms. The van der Waals surface area contributed by atoms with Gasteiger partial charge in [0.15, 0.2) is 5.96 Å². The summed E-state index contributed by atoms with van der Waals surface area (Å²) >= 11 is 1.98. The lowest BCUT2D eigenvalue weighted by Gasteiger charge is -2.18. The quantitative estimate of drug-likeness (QED) is 0.240. The van der Waals surface area contributed by atoms with Crippen LogP contribution in [0.5, 0.6) is 0 Å². The number of aliphatic imine (C=N–C) groups is 1. The molecule has 1 aliphatic heterocycles. The minimum Gasteiger partial charge on any atom is -0.379 e. The molecule has 26 heavy (non-hydrogen) atoms. The number of ether oxygens (including phenoxy) is 2. The van der Waals surface area contributed by atoms with Crippen molar-refractivity contribution in [3.63, 3.8) is 0 Å². The van der Waals surface area contributed by atoms with E-state index in [1.54, 1.807) is 0 Å². The van der Waals surface area contributed by atoms with Crippen molar-refractivity contribution in [1.29, 1.82) is 0 Å². The van der Waals surface area contributed by atoms with Crippen LogP contribution in [0.25, 0.3) is 0 Å². The number of hydrogen-bond donors (Lipinski definition) is 2. The number of hydrogen-bond acceptors (Lipinski definition) is 4. The number of nitrogens with zero attached hydrogens (tertiary/aromatic N) is 1. The maximum absolute atomic E-state index is 5.78. The molecule has 0 amide bonds. The molecule has 3 rings (SSSR count). The van der Waals surface area contributed by atoms with Gasteiger partial charge in [0.25, 0.3) is 0 Å². The first-order valence-electron chi connectivity index (χ1n) is 9.18. The highest BCUT2D eigenvalue weighted by molar-refractivity contribution is 14.0. The summed E-state index contributed by atoms with van der Waals surface area (Å²) in [4.78, 5) is 5.67. The standard InChI is InChI=1S/C19H29N3O2S.HI/c1-20-18(21-11-5-12-24-16-8-13-23-14-16)22-15-19(9-10-19)25-17-6-3-2-4-7-17;/h2-4,6-7,16H,5,8-15H2,1H3,(H2,20,21,22);1H. The van der Waals surface area contributed by atoms with Gasteiger partial charge in [-0.2, -0.15) is 0 Å². The van der Waals surface area contributed by atoms with Crippen LogP contribution in [0.15, 0.2) is 40.2 Å². The fourth-order valence-electron chi connectivity index (χ4n) is 2.83. The third kappa shape index (κ3) is 7.25. The molecule has 1 atom stereocenters. The van der Waals surface area contributed by atoms with Crippen LogP contribution in [-0.2, 0) is 9.47 Å². The number of nitrogens with one attached hydrogen (secondary N) is 2. The molecule has 2 fully saturated rings.